The van der Waals surface area contributed by atoms with Crippen molar-refractivity contribution in [3.8, 4) is 28.5 Å². The van der Waals surface area contributed by atoms with Crippen molar-refractivity contribution >= 4 is 15.9 Å². The molecular formula is C28H30BrN3. The van der Waals surface area contributed by atoms with Crippen molar-refractivity contribution in [2.75, 3.05) is 0 Å². The Morgan fingerprint density at radius 1 is 0.562 bits per heavy atom. The molecule has 1 aromatic heterocycles. The lowest BCUT2D eigenvalue weighted by molar-refractivity contribution is 0.590. The Morgan fingerprint density at radius 2 is 0.938 bits per heavy atom. The summed E-state index contributed by atoms with van der Waals surface area (Å²) in [7, 11) is 0. The Bertz CT molecular complexity index is 1130. The molecule has 4 rings (SSSR count). The van der Waals surface area contributed by atoms with E-state index in [-0.39, 0.29) is 10.8 Å². The molecule has 0 fully saturated rings. The topological polar surface area (TPSA) is 30.7 Å². The summed E-state index contributed by atoms with van der Waals surface area (Å²) in [5.74, 6) is 1.67. The Hall–Kier alpha value is -2.72. The predicted octanol–water partition coefficient (Wildman–Crippen LogP) is 7.96. The van der Waals surface area contributed by atoms with Gasteiger partial charge in [0.1, 0.15) is 0 Å². The maximum absolute atomic E-state index is 4.63. The highest BCUT2D eigenvalue weighted by atomic mass is 79.9. The third-order valence-electron chi connectivity index (χ3n) is 5.77. The van der Waals surface area contributed by atoms with E-state index < -0.39 is 0 Å². The summed E-state index contributed by atoms with van der Waals surface area (Å²) in [5, 5.41) is 9.25. The minimum absolute atomic E-state index is 0.109. The average molecular weight is 488 g/mol. The predicted molar refractivity (Wildman–Crippen MR) is 137 cm³/mol. The van der Waals surface area contributed by atoms with Crippen LogP contribution in [0, 0.1) is 0 Å². The van der Waals surface area contributed by atoms with E-state index in [0.29, 0.717) is 0 Å². The fourth-order valence-electron chi connectivity index (χ4n) is 3.73. The van der Waals surface area contributed by atoms with Crippen LogP contribution in [0.5, 0.6) is 0 Å². The van der Waals surface area contributed by atoms with Crippen molar-refractivity contribution in [1.29, 1.82) is 0 Å². The molecule has 0 atom stereocenters. The smallest absolute Gasteiger partial charge is 0.168 e. The van der Waals surface area contributed by atoms with Gasteiger partial charge in [-0.3, -0.25) is 4.57 Å². The molecule has 0 saturated heterocycles. The number of aromatic nitrogens is 3. The van der Waals surface area contributed by atoms with Crippen LogP contribution in [-0.4, -0.2) is 14.8 Å². The van der Waals surface area contributed by atoms with Gasteiger partial charge in [-0.15, -0.1) is 10.2 Å². The van der Waals surface area contributed by atoms with Crippen molar-refractivity contribution < 1.29 is 0 Å². The van der Waals surface area contributed by atoms with Crippen LogP contribution < -0.4 is 0 Å². The van der Waals surface area contributed by atoms with Gasteiger partial charge in [0.2, 0.25) is 0 Å². The van der Waals surface area contributed by atoms with E-state index in [1.165, 1.54) is 11.1 Å². The van der Waals surface area contributed by atoms with Gasteiger partial charge in [0.25, 0.3) is 0 Å². The van der Waals surface area contributed by atoms with E-state index in [0.717, 1.165) is 32.9 Å². The summed E-state index contributed by atoms with van der Waals surface area (Å²) in [4.78, 5) is 0. The van der Waals surface area contributed by atoms with Crippen LogP contribution in [0.4, 0.5) is 0 Å². The van der Waals surface area contributed by atoms with Gasteiger partial charge in [-0.1, -0.05) is 106 Å². The highest BCUT2D eigenvalue weighted by Crippen LogP contribution is 2.32. The maximum Gasteiger partial charge on any atom is 0.168 e. The van der Waals surface area contributed by atoms with Gasteiger partial charge in [0.15, 0.2) is 11.6 Å². The second-order valence-corrected chi connectivity index (χ2v) is 11.2. The zero-order valence-corrected chi connectivity index (χ0v) is 21.2. The molecule has 0 aliphatic heterocycles. The second-order valence-electron chi connectivity index (χ2n) is 10.3. The summed E-state index contributed by atoms with van der Waals surface area (Å²) in [6.45, 7) is 13.4. The minimum Gasteiger partial charge on any atom is -0.275 e. The van der Waals surface area contributed by atoms with Crippen LogP contribution in [0.15, 0.2) is 77.3 Å². The first-order chi connectivity index (χ1) is 15.0. The molecule has 0 N–H and O–H groups in total. The van der Waals surface area contributed by atoms with Crippen molar-refractivity contribution in [3.05, 3.63) is 88.4 Å². The van der Waals surface area contributed by atoms with Gasteiger partial charge in [-0.05, 0) is 46.2 Å². The molecule has 0 aliphatic carbocycles. The molecule has 0 saturated carbocycles. The van der Waals surface area contributed by atoms with E-state index in [4.69, 9.17) is 0 Å². The molecule has 4 heteroatoms. The average Bonchev–Trinajstić information content (AvgIpc) is 3.18. The molecule has 3 nitrogen and oxygen atoms in total. The van der Waals surface area contributed by atoms with E-state index in [2.05, 4.69) is 133 Å². The molecule has 0 amide bonds. The van der Waals surface area contributed by atoms with Crippen LogP contribution in [0.3, 0.4) is 0 Å². The number of hydrogen-bond donors (Lipinski definition) is 0. The molecule has 32 heavy (non-hydrogen) atoms. The maximum atomic E-state index is 4.63. The Morgan fingerprint density at radius 3 is 1.28 bits per heavy atom. The molecule has 0 unspecified atom stereocenters. The van der Waals surface area contributed by atoms with E-state index in [9.17, 15) is 0 Å². The number of nitrogens with zero attached hydrogens (tertiary/aromatic N) is 3. The van der Waals surface area contributed by atoms with Crippen LogP contribution in [0.2, 0.25) is 0 Å². The third-order valence-corrected chi connectivity index (χ3v) is 6.29. The quantitative estimate of drug-likeness (QED) is 0.293. The zero-order chi connectivity index (χ0) is 23.1. The summed E-state index contributed by atoms with van der Waals surface area (Å²) in [6.07, 6.45) is 0. The van der Waals surface area contributed by atoms with Crippen molar-refractivity contribution in [2.45, 2.75) is 52.4 Å². The zero-order valence-electron chi connectivity index (χ0n) is 19.6. The van der Waals surface area contributed by atoms with Crippen LogP contribution in [-0.2, 0) is 10.8 Å². The van der Waals surface area contributed by atoms with Crippen LogP contribution >= 0.6 is 15.9 Å². The Balaban J connectivity index is 1.85. The molecule has 0 aliphatic rings. The number of benzene rings is 3. The molecule has 0 bridgehead atoms. The summed E-state index contributed by atoms with van der Waals surface area (Å²) >= 11 is 3.55. The second kappa shape index (κ2) is 8.32. The van der Waals surface area contributed by atoms with Gasteiger partial charge in [-0.2, -0.15) is 0 Å². The van der Waals surface area contributed by atoms with Gasteiger partial charge in [0, 0.05) is 21.3 Å². The standard InChI is InChI=1S/C28H30BrN3/c1-27(2,3)21-11-7-19(8-12-21)25-30-31-26(32(25)24-17-15-23(29)16-18-24)20-9-13-22(14-10-20)28(4,5)6/h7-18H,1-6H3. The first kappa shape index (κ1) is 22.5. The molecule has 164 valence electrons. The molecule has 0 radical (unpaired) electrons. The highest BCUT2D eigenvalue weighted by molar-refractivity contribution is 9.10. The van der Waals surface area contributed by atoms with E-state index >= 15 is 0 Å². The molecule has 0 spiro atoms. The lowest BCUT2D eigenvalue weighted by Gasteiger charge is -2.19. The van der Waals surface area contributed by atoms with Crippen molar-refractivity contribution in [3.63, 3.8) is 0 Å². The Kier molecular flexibility index (Phi) is 5.85. The summed E-state index contributed by atoms with van der Waals surface area (Å²) < 4.78 is 3.19. The van der Waals surface area contributed by atoms with Gasteiger partial charge < -0.3 is 0 Å². The van der Waals surface area contributed by atoms with Gasteiger partial charge in [-0.25, -0.2) is 0 Å². The lowest BCUT2D eigenvalue weighted by atomic mass is 9.86. The van der Waals surface area contributed by atoms with Crippen LogP contribution in [0.1, 0.15) is 52.7 Å². The van der Waals surface area contributed by atoms with Crippen LogP contribution in [0.25, 0.3) is 28.5 Å². The van der Waals surface area contributed by atoms with Crippen molar-refractivity contribution in [1.82, 2.24) is 14.8 Å². The Labute approximate surface area is 199 Å². The van der Waals surface area contributed by atoms with Gasteiger partial charge >= 0.3 is 0 Å². The minimum atomic E-state index is 0.109. The van der Waals surface area contributed by atoms with E-state index in [1.807, 2.05) is 12.1 Å². The van der Waals surface area contributed by atoms with E-state index in [1.54, 1.807) is 0 Å². The van der Waals surface area contributed by atoms with Gasteiger partial charge in [0.05, 0.1) is 0 Å². The molecule has 1 heterocycles. The summed E-state index contributed by atoms with van der Waals surface area (Å²) in [5.41, 5.74) is 5.94. The monoisotopic (exact) mass is 487 g/mol. The number of hydrogen-bond acceptors (Lipinski definition) is 2. The molecule has 4 aromatic rings. The first-order valence-electron chi connectivity index (χ1n) is 11.0. The largest absolute Gasteiger partial charge is 0.275 e. The lowest BCUT2D eigenvalue weighted by Crippen LogP contribution is -2.10. The molecule has 3 aromatic carbocycles. The highest BCUT2D eigenvalue weighted by Gasteiger charge is 2.20. The fourth-order valence-corrected chi connectivity index (χ4v) is 4.00. The number of rotatable bonds is 3. The molecular weight excluding hydrogens is 458 g/mol. The summed E-state index contributed by atoms with van der Waals surface area (Å²) in [6, 6.07) is 25.6. The normalized spacial score (nSPS) is 12.2. The third kappa shape index (κ3) is 4.56. The number of halogens is 1. The first-order valence-corrected chi connectivity index (χ1v) is 11.8. The SMILES string of the molecule is CC(C)(C)c1ccc(-c2nnc(-c3ccc(C(C)(C)C)cc3)n2-c2ccc(Br)cc2)cc1. The van der Waals surface area contributed by atoms with Crippen molar-refractivity contribution in [2.24, 2.45) is 0 Å². The fraction of sp³-hybridized carbons (Fsp3) is 0.286.